The normalized spacial score (nSPS) is 11.0. The van der Waals surface area contributed by atoms with Crippen molar-refractivity contribution in [1.82, 2.24) is 5.32 Å². The Balaban J connectivity index is 2.16. The van der Waals surface area contributed by atoms with Crippen LogP contribution in [-0.4, -0.2) is 27.2 Å². The molecule has 2 rings (SSSR count). The van der Waals surface area contributed by atoms with Gasteiger partial charge in [0.2, 0.25) is 0 Å². The lowest BCUT2D eigenvalue weighted by atomic mass is 10.2. The molecule has 4 heteroatoms. The van der Waals surface area contributed by atoms with Crippen LogP contribution in [0.25, 0.3) is 11.0 Å². The van der Waals surface area contributed by atoms with Crippen LogP contribution in [0.5, 0.6) is 0 Å². The number of anilines is 1. The second-order valence-corrected chi connectivity index (χ2v) is 4.12. The van der Waals surface area contributed by atoms with E-state index in [0.717, 1.165) is 24.9 Å². The molecule has 0 aliphatic rings. The lowest BCUT2D eigenvalue weighted by Crippen LogP contribution is -2.21. The maximum Gasteiger partial charge on any atom is 0.196 e. The van der Waals surface area contributed by atoms with Crippen LogP contribution in [0.4, 0.5) is 10.3 Å². The van der Waals surface area contributed by atoms with Crippen LogP contribution in [0.2, 0.25) is 0 Å². The molecule has 0 spiro atoms. The Labute approximate surface area is 100 Å². The standard InChI is InChI=1S/C13H17FN2O/c1-15-7-4-8-16(2)12-9-10-5-3-6-11(14)13(10)17-12/h3,5-6,9,15H,4,7-8H2,1-2H3. The molecular formula is C13H17FN2O. The Morgan fingerprint density at radius 2 is 2.24 bits per heavy atom. The first-order chi connectivity index (χ1) is 8.22. The number of hydrogen-bond acceptors (Lipinski definition) is 3. The fourth-order valence-electron chi connectivity index (χ4n) is 1.81. The topological polar surface area (TPSA) is 28.4 Å². The molecule has 1 heterocycles. The molecule has 0 aliphatic carbocycles. The largest absolute Gasteiger partial charge is 0.437 e. The monoisotopic (exact) mass is 236 g/mol. The molecule has 0 atom stereocenters. The minimum Gasteiger partial charge on any atom is -0.437 e. The molecule has 0 saturated carbocycles. The summed E-state index contributed by atoms with van der Waals surface area (Å²) in [6.45, 7) is 1.83. The van der Waals surface area contributed by atoms with E-state index >= 15 is 0 Å². The Bertz CT molecular complexity index is 495. The molecule has 2 aromatic rings. The average Bonchev–Trinajstić information content (AvgIpc) is 2.75. The zero-order chi connectivity index (χ0) is 12.3. The lowest BCUT2D eigenvalue weighted by Gasteiger charge is -2.15. The van der Waals surface area contributed by atoms with Crippen molar-refractivity contribution in [1.29, 1.82) is 0 Å². The molecule has 0 aliphatic heterocycles. The van der Waals surface area contributed by atoms with Crippen molar-refractivity contribution in [3.8, 4) is 0 Å². The number of benzene rings is 1. The van der Waals surface area contributed by atoms with Crippen LogP contribution in [-0.2, 0) is 0 Å². The van der Waals surface area contributed by atoms with E-state index < -0.39 is 0 Å². The Hall–Kier alpha value is -1.55. The highest BCUT2D eigenvalue weighted by Gasteiger charge is 2.10. The maximum atomic E-state index is 13.4. The van der Waals surface area contributed by atoms with Gasteiger partial charge in [0.05, 0.1) is 0 Å². The summed E-state index contributed by atoms with van der Waals surface area (Å²) >= 11 is 0. The molecule has 0 unspecified atom stereocenters. The minimum atomic E-state index is -0.308. The number of halogens is 1. The molecule has 0 bridgehead atoms. The lowest BCUT2D eigenvalue weighted by molar-refractivity contribution is 0.549. The van der Waals surface area contributed by atoms with E-state index in [2.05, 4.69) is 5.32 Å². The molecule has 0 amide bonds. The SMILES string of the molecule is CNCCCN(C)c1cc2cccc(F)c2o1. The Morgan fingerprint density at radius 1 is 1.41 bits per heavy atom. The zero-order valence-electron chi connectivity index (χ0n) is 10.2. The van der Waals surface area contributed by atoms with Crippen LogP contribution < -0.4 is 10.2 Å². The average molecular weight is 236 g/mol. The third-order valence-electron chi connectivity index (χ3n) is 2.78. The smallest absolute Gasteiger partial charge is 0.196 e. The van der Waals surface area contributed by atoms with E-state index in [4.69, 9.17) is 4.42 Å². The fraction of sp³-hybridized carbons (Fsp3) is 0.385. The number of para-hydroxylation sites is 1. The molecule has 0 saturated heterocycles. The van der Waals surface area contributed by atoms with Gasteiger partial charge >= 0.3 is 0 Å². The summed E-state index contributed by atoms with van der Waals surface area (Å²) in [7, 11) is 3.88. The molecule has 17 heavy (non-hydrogen) atoms. The Kier molecular flexibility index (Phi) is 3.64. The summed E-state index contributed by atoms with van der Waals surface area (Å²) in [6.07, 6.45) is 1.02. The van der Waals surface area contributed by atoms with Crippen LogP contribution in [0.3, 0.4) is 0 Å². The van der Waals surface area contributed by atoms with Gasteiger partial charge in [-0.15, -0.1) is 0 Å². The first-order valence-corrected chi connectivity index (χ1v) is 5.76. The summed E-state index contributed by atoms with van der Waals surface area (Å²) in [6, 6.07) is 6.83. The van der Waals surface area contributed by atoms with Crippen molar-refractivity contribution in [2.75, 3.05) is 32.1 Å². The second-order valence-electron chi connectivity index (χ2n) is 4.12. The molecular weight excluding hydrogens is 219 g/mol. The molecule has 0 radical (unpaired) electrons. The van der Waals surface area contributed by atoms with Crippen LogP contribution in [0.15, 0.2) is 28.7 Å². The second kappa shape index (κ2) is 5.19. The van der Waals surface area contributed by atoms with Gasteiger partial charge in [0.1, 0.15) is 0 Å². The summed E-state index contributed by atoms with van der Waals surface area (Å²) in [4.78, 5) is 2.00. The van der Waals surface area contributed by atoms with Crippen molar-refractivity contribution in [2.24, 2.45) is 0 Å². The van der Waals surface area contributed by atoms with Gasteiger partial charge in [-0.1, -0.05) is 12.1 Å². The van der Waals surface area contributed by atoms with Gasteiger partial charge in [0.15, 0.2) is 17.3 Å². The maximum absolute atomic E-state index is 13.4. The Morgan fingerprint density at radius 3 is 2.94 bits per heavy atom. The third-order valence-corrected chi connectivity index (χ3v) is 2.78. The number of nitrogens with zero attached hydrogens (tertiary/aromatic N) is 1. The quantitative estimate of drug-likeness (QED) is 0.809. The van der Waals surface area contributed by atoms with Crippen LogP contribution in [0.1, 0.15) is 6.42 Å². The van der Waals surface area contributed by atoms with Crippen molar-refractivity contribution in [3.63, 3.8) is 0 Å². The summed E-state index contributed by atoms with van der Waals surface area (Å²) in [5, 5.41) is 3.90. The van der Waals surface area contributed by atoms with Gasteiger partial charge in [-0.25, -0.2) is 4.39 Å². The number of rotatable bonds is 5. The zero-order valence-corrected chi connectivity index (χ0v) is 10.2. The molecule has 0 fully saturated rings. The highest BCUT2D eigenvalue weighted by atomic mass is 19.1. The molecule has 3 nitrogen and oxygen atoms in total. The van der Waals surface area contributed by atoms with E-state index in [0.29, 0.717) is 11.5 Å². The van der Waals surface area contributed by atoms with Crippen LogP contribution in [0, 0.1) is 5.82 Å². The van der Waals surface area contributed by atoms with Gasteiger partial charge < -0.3 is 14.6 Å². The van der Waals surface area contributed by atoms with Crippen molar-refractivity contribution < 1.29 is 8.81 Å². The first-order valence-electron chi connectivity index (χ1n) is 5.76. The van der Waals surface area contributed by atoms with E-state index in [1.54, 1.807) is 6.07 Å². The van der Waals surface area contributed by atoms with E-state index in [-0.39, 0.29) is 5.82 Å². The predicted octanol–water partition coefficient (Wildman–Crippen LogP) is 2.62. The molecule has 1 aromatic heterocycles. The van der Waals surface area contributed by atoms with Crippen molar-refractivity contribution >= 4 is 16.9 Å². The van der Waals surface area contributed by atoms with Crippen molar-refractivity contribution in [2.45, 2.75) is 6.42 Å². The summed E-state index contributed by atoms with van der Waals surface area (Å²) in [5.41, 5.74) is 0.336. The van der Waals surface area contributed by atoms with E-state index in [9.17, 15) is 4.39 Å². The van der Waals surface area contributed by atoms with E-state index in [1.807, 2.05) is 31.1 Å². The molecule has 92 valence electrons. The fourth-order valence-corrected chi connectivity index (χ4v) is 1.81. The molecule has 1 aromatic carbocycles. The van der Waals surface area contributed by atoms with Gasteiger partial charge in [0.25, 0.3) is 0 Å². The van der Waals surface area contributed by atoms with Crippen molar-refractivity contribution in [3.05, 3.63) is 30.1 Å². The summed E-state index contributed by atoms with van der Waals surface area (Å²) in [5.74, 6) is 0.401. The van der Waals surface area contributed by atoms with Gasteiger partial charge in [0, 0.05) is 25.0 Å². The van der Waals surface area contributed by atoms with Gasteiger partial charge in [-0.2, -0.15) is 0 Å². The third kappa shape index (κ3) is 2.58. The van der Waals surface area contributed by atoms with Crippen LogP contribution >= 0.6 is 0 Å². The number of furan rings is 1. The first kappa shape index (κ1) is 11.9. The molecule has 1 N–H and O–H groups in total. The van der Waals surface area contributed by atoms with Gasteiger partial charge in [-0.05, 0) is 26.1 Å². The number of hydrogen-bond donors (Lipinski definition) is 1. The summed E-state index contributed by atoms with van der Waals surface area (Å²) < 4.78 is 19.0. The highest BCUT2D eigenvalue weighted by Crippen LogP contribution is 2.27. The van der Waals surface area contributed by atoms with Gasteiger partial charge in [-0.3, -0.25) is 0 Å². The predicted molar refractivity (Wildman–Crippen MR) is 68.0 cm³/mol. The minimum absolute atomic E-state index is 0.308. The van der Waals surface area contributed by atoms with E-state index in [1.165, 1.54) is 6.07 Å². The number of fused-ring (bicyclic) bond motifs is 1. The highest BCUT2D eigenvalue weighted by molar-refractivity contribution is 5.81. The number of nitrogens with one attached hydrogen (secondary N) is 1.